The minimum atomic E-state index is -1.02. The number of carboxylic acid groups (broad SMARTS) is 1. The lowest BCUT2D eigenvalue weighted by Gasteiger charge is -2.15. The molecule has 2 aliphatic heterocycles. The third-order valence-corrected chi connectivity index (χ3v) is 8.05. The summed E-state index contributed by atoms with van der Waals surface area (Å²) in [5.41, 5.74) is 3.86. The maximum Gasteiger partial charge on any atom is 0.327 e. The number of rotatable bonds is 5. The first-order valence-corrected chi connectivity index (χ1v) is 13.9. The van der Waals surface area contributed by atoms with Crippen molar-refractivity contribution in [3.63, 3.8) is 0 Å². The molecule has 1 unspecified atom stereocenters. The van der Waals surface area contributed by atoms with E-state index in [-0.39, 0.29) is 11.3 Å². The zero-order valence-electron chi connectivity index (χ0n) is 21.4. The third kappa shape index (κ3) is 5.01. The Morgan fingerprint density at radius 1 is 1.00 bits per heavy atom. The highest BCUT2D eigenvalue weighted by Crippen LogP contribution is 2.42. The minimum Gasteiger partial charge on any atom is -0.480 e. The second-order valence-corrected chi connectivity index (χ2v) is 10.4. The molecule has 7 nitrogen and oxygen atoms in total. The van der Waals surface area contributed by atoms with Crippen LogP contribution in [0.1, 0.15) is 23.6 Å². The van der Waals surface area contributed by atoms with Gasteiger partial charge in [0.25, 0.3) is 5.56 Å². The molecule has 1 N–H and O–H groups in total. The van der Waals surface area contributed by atoms with Gasteiger partial charge in [0.05, 0.1) is 10.6 Å². The van der Waals surface area contributed by atoms with Crippen molar-refractivity contribution in [2.24, 2.45) is 4.99 Å². The highest BCUT2D eigenvalue weighted by molar-refractivity contribution is 7.99. The zero-order valence-corrected chi connectivity index (χ0v) is 22.3. The van der Waals surface area contributed by atoms with Crippen LogP contribution in [0.3, 0.4) is 0 Å². The summed E-state index contributed by atoms with van der Waals surface area (Å²) in [6.45, 7) is 0. The van der Waals surface area contributed by atoms with E-state index in [1.54, 1.807) is 12.3 Å². The number of carbonyl (C=O) groups is 1. The molecule has 4 heterocycles. The van der Waals surface area contributed by atoms with E-state index in [0.717, 1.165) is 39.4 Å². The number of nitrogens with zero attached hydrogens (tertiary/aromatic N) is 3. The normalized spacial score (nSPS) is 15.2. The van der Waals surface area contributed by atoms with Crippen LogP contribution >= 0.6 is 11.8 Å². The van der Waals surface area contributed by atoms with Gasteiger partial charge in [-0.15, -0.1) is 11.8 Å². The van der Waals surface area contributed by atoms with Crippen molar-refractivity contribution < 1.29 is 14.4 Å². The van der Waals surface area contributed by atoms with Gasteiger partial charge in [0.2, 0.25) is 0 Å². The van der Waals surface area contributed by atoms with Gasteiger partial charge in [0.15, 0.2) is 5.76 Å². The monoisotopic (exact) mass is 547 g/mol. The number of aromatic nitrogens is 2. The molecule has 0 aliphatic carbocycles. The molecular weight excluding hydrogens is 522 g/mol. The SMILES string of the molecule is C1=CN=CC1.O=C(O)C1CSc2c(-c3cc(-c4ccccc4)no3)c(Cc3cccc4ccccc34)cc(=O)n21. The molecule has 5 aromatic rings. The average molecular weight is 548 g/mol. The first-order valence-electron chi connectivity index (χ1n) is 12.9. The fraction of sp³-hybridized carbons (Fsp3) is 0.125. The summed E-state index contributed by atoms with van der Waals surface area (Å²) < 4.78 is 7.18. The molecule has 198 valence electrons. The van der Waals surface area contributed by atoms with Crippen LogP contribution in [0.5, 0.6) is 0 Å². The molecule has 3 aromatic carbocycles. The summed E-state index contributed by atoms with van der Waals surface area (Å²) in [6, 6.07) is 26.5. The number of pyridine rings is 1. The highest BCUT2D eigenvalue weighted by atomic mass is 32.2. The van der Waals surface area contributed by atoms with Crippen LogP contribution in [-0.4, -0.2) is 32.8 Å². The second-order valence-electron chi connectivity index (χ2n) is 9.43. The summed E-state index contributed by atoms with van der Waals surface area (Å²) >= 11 is 1.37. The number of carboxylic acids is 1. The number of aliphatic carboxylic acids is 1. The summed E-state index contributed by atoms with van der Waals surface area (Å²) in [4.78, 5) is 28.8. The first kappa shape index (κ1) is 25.6. The number of allylic oxidation sites excluding steroid dienone is 1. The standard InChI is InChI=1S/C28H20N2O4S.C4H5N/c31-25-14-20(13-19-11-6-10-17-7-4-5-12-21(17)19)26(27-30(25)23(16-35-27)28(32)33)24-15-22(29-34-24)18-8-2-1-3-9-18;1-2-4-5-3-1/h1-12,14-15,23H,13,16H2,(H,32,33);1,3-4H,2H2. The Morgan fingerprint density at radius 2 is 1.80 bits per heavy atom. The summed E-state index contributed by atoms with van der Waals surface area (Å²) in [5, 5.41) is 16.8. The maximum atomic E-state index is 13.2. The number of thioether (sulfide) groups is 1. The van der Waals surface area contributed by atoms with E-state index >= 15 is 0 Å². The molecule has 0 fully saturated rings. The average Bonchev–Trinajstić information content (AvgIpc) is 3.77. The lowest BCUT2D eigenvalue weighted by molar-refractivity contribution is -0.140. The van der Waals surface area contributed by atoms with Crippen molar-refractivity contribution in [3.05, 3.63) is 119 Å². The van der Waals surface area contributed by atoms with Gasteiger partial charge in [-0.1, -0.05) is 84.0 Å². The Morgan fingerprint density at radius 3 is 2.55 bits per heavy atom. The van der Waals surface area contributed by atoms with Gasteiger partial charge in [-0.3, -0.25) is 14.4 Å². The predicted molar refractivity (Wildman–Crippen MR) is 158 cm³/mol. The van der Waals surface area contributed by atoms with Crippen molar-refractivity contribution in [2.75, 3.05) is 5.75 Å². The third-order valence-electron chi connectivity index (χ3n) is 6.89. The molecule has 0 saturated carbocycles. The second kappa shape index (κ2) is 11.2. The van der Waals surface area contributed by atoms with Crippen LogP contribution in [0.4, 0.5) is 0 Å². The number of fused-ring (bicyclic) bond motifs is 2. The largest absolute Gasteiger partial charge is 0.480 e. The van der Waals surface area contributed by atoms with E-state index in [4.69, 9.17) is 4.52 Å². The number of aliphatic imine (C=N–C) groups is 1. The molecule has 40 heavy (non-hydrogen) atoms. The Balaban J connectivity index is 0.000000523. The topological polar surface area (TPSA) is 97.7 Å². The van der Waals surface area contributed by atoms with Crippen LogP contribution in [0.25, 0.3) is 33.4 Å². The fourth-order valence-electron chi connectivity index (χ4n) is 5.00. The lowest BCUT2D eigenvalue weighted by Crippen LogP contribution is -2.29. The van der Waals surface area contributed by atoms with Gasteiger partial charge in [-0.2, -0.15) is 0 Å². The summed E-state index contributed by atoms with van der Waals surface area (Å²) in [6.07, 6.45) is 7.22. The molecule has 0 radical (unpaired) electrons. The van der Waals surface area contributed by atoms with Crippen molar-refractivity contribution in [1.82, 2.24) is 9.72 Å². The molecule has 1 atom stereocenters. The van der Waals surface area contributed by atoms with Gasteiger partial charge >= 0.3 is 5.97 Å². The van der Waals surface area contributed by atoms with Crippen molar-refractivity contribution in [3.8, 4) is 22.6 Å². The van der Waals surface area contributed by atoms with Crippen LogP contribution in [0, 0.1) is 0 Å². The van der Waals surface area contributed by atoms with Gasteiger partial charge < -0.3 is 9.63 Å². The van der Waals surface area contributed by atoms with Crippen molar-refractivity contribution in [2.45, 2.75) is 23.9 Å². The van der Waals surface area contributed by atoms with E-state index in [9.17, 15) is 14.7 Å². The van der Waals surface area contributed by atoms with E-state index in [2.05, 4.69) is 34.4 Å². The van der Waals surface area contributed by atoms with E-state index in [1.807, 2.05) is 66.9 Å². The Bertz CT molecular complexity index is 1810. The zero-order chi connectivity index (χ0) is 27.5. The molecule has 2 aliphatic rings. The Hall–Kier alpha value is -4.69. The molecule has 0 bridgehead atoms. The predicted octanol–water partition coefficient (Wildman–Crippen LogP) is 6.62. The number of hydrogen-bond acceptors (Lipinski definition) is 6. The van der Waals surface area contributed by atoms with Crippen LogP contribution in [-0.2, 0) is 11.2 Å². The smallest absolute Gasteiger partial charge is 0.327 e. The number of benzene rings is 3. The van der Waals surface area contributed by atoms with Crippen LogP contribution in [0.15, 0.2) is 117 Å². The van der Waals surface area contributed by atoms with Gasteiger partial charge in [-0.25, -0.2) is 4.79 Å². The molecule has 0 spiro atoms. The fourth-order valence-corrected chi connectivity index (χ4v) is 6.34. The summed E-state index contributed by atoms with van der Waals surface area (Å²) in [5.74, 6) is -0.218. The van der Waals surface area contributed by atoms with Crippen molar-refractivity contribution in [1.29, 1.82) is 0 Å². The Kier molecular flexibility index (Phi) is 7.16. The van der Waals surface area contributed by atoms with E-state index < -0.39 is 12.0 Å². The highest BCUT2D eigenvalue weighted by Gasteiger charge is 2.34. The molecule has 0 amide bonds. The van der Waals surface area contributed by atoms with Crippen molar-refractivity contribution >= 4 is 34.7 Å². The maximum absolute atomic E-state index is 13.2. The quantitative estimate of drug-likeness (QED) is 0.266. The van der Waals surface area contributed by atoms with Crippen LogP contribution in [0.2, 0.25) is 0 Å². The molecule has 7 rings (SSSR count). The minimum absolute atomic E-state index is 0.287. The molecule has 0 saturated heterocycles. The molecule has 8 heteroatoms. The molecule has 2 aromatic heterocycles. The van der Waals surface area contributed by atoms with E-state index in [1.165, 1.54) is 16.3 Å². The van der Waals surface area contributed by atoms with Gasteiger partial charge in [-0.05, 0) is 28.3 Å². The molecular formula is C32H25N3O4S. The number of hydrogen-bond donors (Lipinski definition) is 1. The Labute approximate surface area is 234 Å². The first-order chi connectivity index (χ1) is 19.6. The van der Waals surface area contributed by atoms with Crippen LogP contribution < -0.4 is 5.56 Å². The van der Waals surface area contributed by atoms with E-state index in [0.29, 0.717) is 22.9 Å². The van der Waals surface area contributed by atoms with Gasteiger partial charge in [0, 0.05) is 42.3 Å². The lowest BCUT2D eigenvalue weighted by atomic mass is 9.95. The van der Waals surface area contributed by atoms with Gasteiger partial charge in [0.1, 0.15) is 11.7 Å². The summed E-state index contributed by atoms with van der Waals surface area (Å²) in [7, 11) is 0.